The first-order valence-corrected chi connectivity index (χ1v) is 6.67. The molecule has 106 valence electrons. The molecule has 0 saturated carbocycles. The number of ether oxygens (including phenoxy) is 1. The molecular weight excluding hydrogens is 258 g/mol. The van der Waals surface area contributed by atoms with Gasteiger partial charge in [0.15, 0.2) is 0 Å². The molecular formula is C14H16N3O3-. The van der Waals surface area contributed by atoms with Gasteiger partial charge in [-0.1, -0.05) is 0 Å². The molecule has 0 bridgehead atoms. The molecule has 1 aromatic carbocycles. The molecule has 1 aliphatic heterocycles. The fourth-order valence-corrected chi connectivity index (χ4v) is 2.61. The van der Waals surface area contributed by atoms with Gasteiger partial charge in [-0.2, -0.15) is 0 Å². The third-order valence-electron chi connectivity index (χ3n) is 3.73. The zero-order valence-corrected chi connectivity index (χ0v) is 11.3. The van der Waals surface area contributed by atoms with Crippen molar-refractivity contribution in [1.82, 2.24) is 9.97 Å². The Balaban J connectivity index is 1.88. The van der Waals surface area contributed by atoms with E-state index in [-0.39, 0.29) is 0 Å². The van der Waals surface area contributed by atoms with Gasteiger partial charge >= 0.3 is 0 Å². The first-order valence-electron chi connectivity index (χ1n) is 6.67. The largest absolute Gasteiger partial charge is 0.550 e. The number of carboxylic acids is 1. The Morgan fingerprint density at radius 2 is 2.40 bits per heavy atom. The molecule has 1 aliphatic rings. The first-order chi connectivity index (χ1) is 9.67. The van der Waals surface area contributed by atoms with Crippen LogP contribution in [0.15, 0.2) is 18.2 Å². The molecule has 2 aromatic rings. The van der Waals surface area contributed by atoms with E-state index in [4.69, 9.17) is 4.74 Å². The van der Waals surface area contributed by atoms with Crippen molar-refractivity contribution in [1.29, 1.82) is 0 Å². The normalized spacial score (nSPS) is 19.2. The fourth-order valence-electron chi connectivity index (χ4n) is 2.61. The highest BCUT2D eigenvalue weighted by molar-refractivity contribution is 5.79. The van der Waals surface area contributed by atoms with E-state index >= 15 is 0 Å². The predicted molar refractivity (Wildman–Crippen MR) is 72.6 cm³/mol. The molecule has 1 N–H and O–H groups in total. The summed E-state index contributed by atoms with van der Waals surface area (Å²) in [5.41, 5.74) is 1.73. The number of carbonyl (C=O) groups is 1. The minimum atomic E-state index is -0.979. The lowest BCUT2D eigenvalue weighted by molar-refractivity contribution is -0.311. The van der Waals surface area contributed by atoms with E-state index in [1.165, 1.54) is 0 Å². The van der Waals surface area contributed by atoms with Crippen molar-refractivity contribution in [3.05, 3.63) is 18.2 Å². The van der Waals surface area contributed by atoms with Gasteiger partial charge in [-0.3, -0.25) is 0 Å². The number of methoxy groups -OCH3 is 1. The maximum absolute atomic E-state index is 11.0. The standard InChI is InChI=1S/C14H17N3O3/c1-20-10-4-5-11-12(7-10)16-14(15-11)17-6-2-3-9(8-17)13(18)19/h4-5,7,9H,2-3,6,8H2,1H3,(H,15,16)(H,18,19)/p-1. The second kappa shape index (κ2) is 5.03. The van der Waals surface area contributed by atoms with Gasteiger partial charge in [0.25, 0.3) is 0 Å². The number of benzene rings is 1. The van der Waals surface area contributed by atoms with Gasteiger partial charge in [0.2, 0.25) is 5.95 Å². The molecule has 20 heavy (non-hydrogen) atoms. The van der Waals surface area contributed by atoms with Crippen LogP contribution in [0, 0.1) is 5.92 Å². The second-order valence-corrected chi connectivity index (χ2v) is 5.05. The summed E-state index contributed by atoms with van der Waals surface area (Å²) >= 11 is 0. The van der Waals surface area contributed by atoms with Gasteiger partial charge in [0, 0.05) is 31.0 Å². The number of rotatable bonds is 3. The van der Waals surface area contributed by atoms with Gasteiger partial charge < -0.3 is 24.5 Å². The summed E-state index contributed by atoms with van der Waals surface area (Å²) in [6.45, 7) is 1.25. The van der Waals surface area contributed by atoms with Crippen LogP contribution in [-0.2, 0) is 4.79 Å². The molecule has 6 heteroatoms. The number of aromatic nitrogens is 2. The number of carboxylic acid groups (broad SMARTS) is 1. The summed E-state index contributed by atoms with van der Waals surface area (Å²) in [6.07, 6.45) is 1.51. The number of nitrogens with one attached hydrogen (secondary N) is 1. The Hall–Kier alpha value is -2.24. The van der Waals surface area contributed by atoms with Crippen LogP contribution < -0.4 is 14.7 Å². The zero-order chi connectivity index (χ0) is 14.1. The quantitative estimate of drug-likeness (QED) is 0.883. The Morgan fingerprint density at radius 1 is 1.55 bits per heavy atom. The lowest BCUT2D eigenvalue weighted by Gasteiger charge is -2.32. The Labute approximate surface area is 116 Å². The average molecular weight is 274 g/mol. The number of nitrogens with zero attached hydrogens (tertiary/aromatic N) is 2. The van der Waals surface area contributed by atoms with Crippen molar-refractivity contribution in [2.45, 2.75) is 12.8 Å². The number of hydrogen-bond acceptors (Lipinski definition) is 5. The molecule has 1 saturated heterocycles. The SMILES string of the molecule is COc1ccc2nc(N3CCCC(C(=O)[O-])C3)[nH]c2c1. The van der Waals surface area contributed by atoms with E-state index in [9.17, 15) is 9.90 Å². The van der Waals surface area contributed by atoms with Gasteiger partial charge in [0.05, 0.1) is 18.1 Å². The van der Waals surface area contributed by atoms with Crippen molar-refractivity contribution in [3.63, 3.8) is 0 Å². The molecule has 2 heterocycles. The summed E-state index contributed by atoms with van der Waals surface area (Å²) in [4.78, 5) is 20.7. The monoisotopic (exact) mass is 274 g/mol. The van der Waals surface area contributed by atoms with Crippen LogP contribution >= 0.6 is 0 Å². The summed E-state index contributed by atoms with van der Waals surface area (Å²) in [5, 5.41) is 11.0. The minimum absolute atomic E-state index is 0.425. The molecule has 1 atom stereocenters. The maximum Gasteiger partial charge on any atom is 0.203 e. The molecule has 0 radical (unpaired) electrons. The van der Waals surface area contributed by atoms with Crippen molar-refractivity contribution >= 4 is 23.0 Å². The van der Waals surface area contributed by atoms with E-state index in [1.807, 2.05) is 23.1 Å². The van der Waals surface area contributed by atoms with Crippen LogP contribution in [0.4, 0.5) is 5.95 Å². The average Bonchev–Trinajstić information content (AvgIpc) is 2.90. The van der Waals surface area contributed by atoms with Crippen LogP contribution in [0.3, 0.4) is 0 Å². The van der Waals surface area contributed by atoms with E-state index < -0.39 is 11.9 Å². The molecule has 6 nitrogen and oxygen atoms in total. The highest BCUT2D eigenvalue weighted by Gasteiger charge is 2.22. The van der Waals surface area contributed by atoms with Crippen molar-refractivity contribution < 1.29 is 14.6 Å². The highest BCUT2D eigenvalue weighted by Crippen LogP contribution is 2.25. The zero-order valence-electron chi connectivity index (χ0n) is 11.3. The molecule has 3 rings (SSSR count). The fraction of sp³-hybridized carbons (Fsp3) is 0.429. The molecule has 0 amide bonds. The predicted octanol–water partition coefficient (Wildman–Crippen LogP) is 0.538. The van der Waals surface area contributed by atoms with Gasteiger partial charge in [-0.15, -0.1) is 0 Å². The number of carbonyl (C=O) groups excluding carboxylic acids is 1. The number of piperidine rings is 1. The van der Waals surface area contributed by atoms with E-state index in [1.54, 1.807) is 7.11 Å². The number of anilines is 1. The van der Waals surface area contributed by atoms with Crippen molar-refractivity contribution in [2.24, 2.45) is 5.92 Å². The number of imidazole rings is 1. The molecule has 0 aliphatic carbocycles. The van der Waals surface area contributed by atoms with Gasteiger partial charge in [0.1, 0.15) is 5.75 Å². The first kappa shape index (κ1) is 12.8. The number of aliphatic carboxylic acids is 1. The number of H-pyrrole nitrogens is 1. The summed E-state index contributed by atoms with van der Waals surface area (Å²) < 4.78 is 5.18. The molecule has 0 spiro atoms. The van der Waals surface area contributed by atoms with Crippen LogP contribution in [-0.4, -0.2) is 36.1 Å². The molecule has 1 aromatic heterocycles. The number of fused-ring (bicyclic) bond motifs is 1. The van der Waals surface area contributed by atoms with Crippen molar-refractivity contribution in [2.75, 3.05) is 25.1 Å². The summed E-state index contributed by atoms with van der Waals surface area (Å²) in [6, 6.07) is 5.62. The Kier molecular flexibility index (Phi) is 3.22. The van der Waals surface area contributed by atoms with E-state index in [0.29, 0.717) is 18.9 Å². The number of aromatic amines is 1. The number of hydrogen-bond donors (Lipinski definition) is 1. The third-order valence-corrected chi connectivity index (χ3v) is 3.73. The van der Waals surface area contributed by atoms with Crippen LogP contribution in [0.1, 0.15) is 12.8 Å². The van der Waals surface area contributed by atoms with E-state index in [2.05, 4.69) is 9.97 Å². The van der Waals surface area contributed by atoms with Gasteiger partial charge in [-0.25, -0.2) is 4.98 Å². The highest BCUT2D eigenvalue weighted by atomic mass is 16.5. The molecule has 1 unspecified atom stereocenters. The lowest BCUT2D eigenvalue weighted by Crippen LogP contribution is -2.44. The smallest absolute Gasteiger partial charge is 0.203 e. The maximum atomic E-state index is 11.0. The summed E-state index contributed by atoms with van der Waals surface area (Å²) in [5.74, 6) is 0.0668. The van der Waals surface area contributed by atoms with Crippen LogP contribution in [0.2, 0.25) is 0 Å². The lowest BCUT2D eigenvalue weighted by atomic mass is 9.99. The summed E-state index contributed by atoms with van der Waals surface area (Å²) in [7, 11) is 1.62. The van der Waals surface area contributed by atoms with Crippen LogP contribution in [0.5, 0.6) is 5.75 Å². The third kappa shape index (κ3) is 2.29. The van der Waals surface area contributed by atoms with Crippen LogP contribution in [0.25, 0.3) is 11.0 Å². The second-order valence-electron chi connectivity index (χ2n) is 5.05. The van der Waals surface area contributed by atoms with Gasteiger partial charge in [-0.05, 0) is 25.0 Å². The topological polar surface area (TPSA) is 81.3 Å². The van der Waals surface area contributed by atoms with E-state index in [0.717, 1.165) is 29.7 Å². The Morgan fingerprint density at radius 3 is 3.15 bits per heavy atom. The Bertz CT molecular complexity index is 638. The van der Waals surface area contributed by atoms with Crippen molar-refractivity contribution in [3.8, 4) is 5.75 Å². The molecule has 1 fully saturated rings. The minimum Gasteiger partial charge on any atom is -0.550 e.